The van der Waals surface area contributed by atoms with Gasteiger partial charge in [-0.05, 0) is 55.0 Å². The number of amides is 2. The van der Waals surface area contributed by atoms with Gasteiger partial charge in [-0.25, -0.2) is 9.18 Å². The van der Waals surface area contributed by atoms with Crippen molar-refractivity contribution in [3.05, 3.63) is 71.0 Å². The molecule has 35 heavy (non-hydrogen) atoms. The summed E-state index contributed by atoms with van der Waals surface area (Å²) in [6, 6.07) is 11.6. The maximum Gasteiger partial charge on any atom is 0.414 e. The first-order chi connectivity index (χ1) is 16.8. The predicted octanol–water partition coefficient (Wildman–Crippen LogP) is 3.81. The van der Waals surface area contributed by atoms with Gasteiger partial charge in [0.15, 0.2) is 5.78 Å². The van der Waals surface area contributed by atoms with Crippen molar-refractivity contribution in [2.75, 3.05) is 29.5 Å². The fraction of sp³-hybridized carbons (Fsp3) is 0.346. The highest BCUT2D eigenvalue weighted by molar-refractivity contribution is 7.85. The number of ketones is 1. The van der Waals surface area contributed by atoms with E-state index in [9.17, 15) is 23.0 Å². The topological polar surface area (TPSA) is 92.8 Å². The molecule has 0 spiro atoms. The summed E-state index contributed by atoms with van der Waals surface area (Å²) in [6.45, 7) is 1.80. The van der Waals surface area contributed by atoms with E-state index in [1.807, 2.05) is 0 Å². The van der Waals surface area contributed by atoms with Crippen LogP contribution in [0.3, 0.4) is 0 Å². The number of ether oxygens (including phenoxy) is 1. The van der Waals surface area contributed by atoms with Crippen molar-refractivity contribution in [3.63, 3.8) is 0 Å². The predicted molar refractivity (Wildman–Crippen MR) is 132 cm³/mol. The number of halogens is 1. The summed E-state index contributed by atoms with van der Waals surface area (Å²) in [5, 5.41) is 2.70. The lowest BCUT2D eigenvalue weighted by atomic mass is 9.93. The average Bonchev–Trinajstić information content (AvgIpc) is 3.22. The first kappa shape index (κ1) is 24.8. The molecule has 0 bridgehead atoms. The zero-order valence-electron chi connectivity index (χ0n) is 19.4. The number of benzene rings is 2. The summed E-state index contributed by atoms with van der Waals surface area (Å²) in [6.07, 6.45) is 3.21. The summed E-state index contributed by atoms with van der Waals surface area (Å²) in [7, 11) is -0.813. The molecule has 0 aliphatic carbocycles. The molecule has 2 aliphatic heterocycles. The number of cyclic esters (lactones) is 1. The van der Waals surface area contributed by atoms with Gasteiger partial charge in [0.05, 0.1) is 18.8 Å². The fourth-order valence-electron chi connectivity index (χ4n) is 4.23. The van der Waals surface area contributed by atoms with Crippen molar-refractivity contribution in [2.24, 2.45) is 0 Å². The Morgan fingerprint density at radius 3 is 2.54 bits per heavy atom. The molecule has 0 unspecified atom stereocenters. The van der Waals surface area contributed by atoms with Crippen LogP contribution in [0.2, 0.25) is 0 Å². The maximum atomic E-state index is 14.8. The number of rotatable bonds is 7. The standard InChI is InChI=1S/C26H27FN2O5S/c1-17(30)19-5-2-18(3-6-19)4-9-25(31)28-15-22-16-29(26(32)34-22)21-7-8-23(24(27)14-21)20-10-12-35(33)13-11-20/h2-9,14,20,22H,10-13,15-16H2,1H3,(H,28,31)/b9-4+/t20?,22-,35?/m0/s1. The Labute approximate surface area is 205 Å². The minimum absolute atomic E-state index is 0.0277. The summed E-state index contributed by atoms with van der Waals surface area (Å²) in [5.74, 6) is 0.443. The SMILES string of the molecule is CC(=O)c1ccc(/C=C/C(=O)NC[C@H]2CN(c3ccc(C4CCS(=O)CC4)c(F)c3)C(=O)O2)cc1. The fourth-order valence-corrected chi connectivity index (χ4v) is 5.53. The van der Waals surface area contributed by atoms with Gasteiger partial charge in [0.25, 0.3) is 0 Å². The monoisotopic (exact) mass is 498 g/mol. The zero-order valence-corrected chi connectivity index (χ0v) is 20.2. The van der Waals surface area contributed by atoms with Crippen molar-refractivity contribution in [1.29, 1.82) is 0 Å². The van der Waals surface area contributed by atoms with Crippen molar-refractivity contribution >= 4 is 40.3 Å². The Bertz CT molecular complexity index is 1170. The van der Waals surface area contributed by atoms with Gasteiger partial charge in [-0.3, -0.25) is 18.7 Å². The Morgan fingerprint density at radius 2 is 1.89 bits per heavy atom. The van der Waals surface area contributed by atoms with Gasteiger partial charge in [0, 0.05) is 33.9 Å². The van der Waals surface area contributed by atoms with E-state index in [1.54, 1.807) is 42.5 Å². The van der Waals surface area contributed by atoms with Gasteiger partial charge in [-0.15, -0.1) is 0 Å². The van der Waals surface area contributed by atoms with Crippen LogP contribution < -0.4 is 10.2 Å². The summed E-state index contributed by atoms with van der Waals surface area (Å²) in [5.41, 5.74) is 2.36. The Balaban J connectivity index is 1.30. The van der Waals surface area contributed by atoms with E-state index in [2.05, 4.69) is 5.32 Å². The number of anilines is 1. The minimum Gasteiger partial charge on any atom is -0.442 e. The van der Waals surface area contributed by atoms with Crippen LogP contribution >= 0.6 is 0 Å². The largest absolute Gasteiger partial charge is 0.442 e. The molecule has 2 aromatic carbocycles. The molecule has 0 aromatic heterocycles. The van der Waals surface area contributed by atoms with Gasteiger partial charge >= 0.3 is 6.09 Å². The van der Waals surface area contributed by atoms with E-state index in [0.29, 0.717) is 41.2 Å². The summed E-state index contributed by atoms with van der Waals surface area (Å²) in [4.78, 5) is 37.2. The number of hydrogen-bond acceptors (Lipinski definition) is 5. The van der Waals surface area contributed by atoms with Crippen LogP contribution in [-0.4, -0.2) is 52.7 Å². The van der Waals surface area contributed by atoms with Crippen LogP contribution in [0.4, 0.5) is 14.9 Å². The smallest absolute Gasteiger partial charge is 0.414 e. The second-order valence-electron chi connectivity index (χ2n) is 8.70. The molecule has 4 rings (SSSR count). The molecule has 9 heteroatoms. The molecule has 2 heterocycles. The molecule has 2 aromatic rings. The zero-order chi connectivity index (χ0) is 24.9. The third-order valence-electron chi connectivity index (χ3n) is 6.25. The molecule has 0 saturated carbocycles. The van der Waals surface area contributed by atoms with Gasteiger partial charge in [-0.2, -0.15) is 0 Å². The van der Waals surface area contributed by atoms with Crippen LogP contribution in [0.15, 0.2) is 48.5 Å². The number of nitrogens with one attached hydrogen (secondary N) is 1. The van der Waals surface area contributed by atoms with Crippen LogP contribution in [0.1, 0.15) is 47.2 Å². The van der Waals surface area contributed by atoms with E-state index in [4.69, 9.17) is 4.74 Å². The van der Waals surface area contributed by atoms with E-state index < -0.39 is 23.0 Å². The molecule has 2 fully saturated rings. The summed E-state index contributed by atoms with van der Waals surface area (Å²) < 4.78 is 31.7. The van der Waals surface area contributed by atoms with Crippen molar-refractivity contribution < 1.29 is 27.7 Å². The maximum absolute atomic E-state index is 14.8. The number of hydrogen-bond donors (Lipinski definition) is 1. The first-order valence-electron chi connectivity index (χ1n) is 11.5. The molecular weight excluding hydrogens is 471 g/mol. The molecule has 0 radical (unpaired) electrons. The Kier molecular flexibility index (Phi) is 7.75. The molecular formula is C26H27FN2O5S. The lowest BCUT2D eigenvalue weighted by molar-refractivity contribution is -0.116. The quantitative estimate of drug-likeness (QED) is 0.463. The van der Waals surface area contributed by atoms with E-state index in [0.717, 1.165) is 5.56 Å². The van der Waals surface area contributed by atoms with Crippen molar-refractivity contribution in [1.82, 2.24) is 5.32 Å². The Morgan fingerprint density at radius 1 is 1.17 bits per heavy atom. The molecule has 2 saturated heterocycles. The van der Waals surface area contributed by atoms with Crippen molar-refractivity contribution in [3.8, 4) is 0 Å². The second-order valence-corrected chi connectivity index (χ2v) is 10.4. The van der Waals surface area contributed by atoms with Gasteiger partial charge in [0.2, 0.25) is 5.91 Å². The average molecular weight is 499 g/mol. The van der Waals surface area contributed by atoms with E-state index in [-0.39, 0.29) is 36.5 Å². The number of carbonyl (C=O) groups is 3. The van der Waals surface area contributed by atoms with Crippen LogP contribution in [0, 0.1) is 5.82 Å². The van der Waals surface area contributed by atoms with Gasteiger partial charge < -0.3 is 10.1 Å². The lowest BCUT2D eigenvalue weighted by Gasteiger charge is -2.23. The van der Waals surface area contributed by atoms with Crippen molar-refractivity contribution in [2.45, 2.75) is 31.8 Å². The third-order valence-corrected chi connectivity index (χ3v) is 7.63. The van der Waals surface area contributed by atoms with Gasteiger partial charge in [-0.1, -0.05) is 30.3 Å². The molecule has 1 N–H and O–H groups in total. The van der Waals surface area contributed by atoms with Crippen LogP contribution in [0.25, 0.3) is 6.08 Å². The molecule has 7 nitrogen and oxygen atoms in total. The van der Waals surface area contributed by atoms with Gasteiger partial charge in [0.1, 0.15) is 11.9 Å². The Hall–Kier alpha value is -3.33. The third kappa shape index (κ3) is 6.22. The molecule has 2 amide bonds. The number of carbonyl (C=O) groups excluding carboxylic acids is 3. The molecule has 2 aliphatic rings. The number of nitrogens with zero attached hydrogens (tertiary/aromatic N) is 1. The highest BCUT2D eigenvalue weighted by Gasteiger charge is 2.33. The highest BCUT2D eigenvalue weighted by atomic mass is 32.2. The van der Waals surface area contributed by atoms with Crippen LogP contribution in [-0.2, 0) is 20.3 Å². The molecule has 184 valence electrons. The van der Waals surface area contributed by atoms with Crippen LogP contribution in [0.5, 0.6) is 0 Å². The second kappa shape index (κ2) is 10.9. The highest BCUT2D eigenvalue weighted by Crippen LogP contribution is 2.32. The minimum atomic E-state index is -0.813. The lowest BCUT2D eigenvalue weighted by Crippen LogP contribution is -2.33. The normalized spacial score (nSPS) is 22.3. The number of Topliss-reactive ketones (excluding diaryl/α,β-unsaturated/α-hetero) is 1. The van der Waals surface area contributed by atoms with E-state index in [1.165, 1.54) is 24.0 Å². The molecule has 1 atom stereocenters. The summed E-state index contributed by atoms with van der Waals surface area (Å²) >= 11 is 0. The first-order valence-corrected chi connectivity index (χ1v) is 13.0. The van der Waals surface area contributed by atoms with E-state index >= 15 is 0 Å².